The van der Waals surface area contributed by atoms with Gasteiger partial charge in [-0.25, -0.2) is 4.79 Å². The molecule has 0 saturated heterocycles. The van der Waals surface area contributed by atoms with Gasteiger partial charge in [0.25, 0.3) is 0 Å². The van der Waals surface area contributed by atoms with E-state index in [9.17, 15) is 14.4 Å². The Balaban J connectivity index is 1.89. The molecule has 0 atom stereocenters. The Morgan fingerprint density at radius 1 is 0.926 bits per heavy atom. The van der Waals surface area contributed by atoms with Crippen molar-refractivity contribution >= 4 is 23.3 Å². The number of nitrogens with one attached hydrogen (secondary N) is 1. The van der Waals surface area contributed by atoms with Crippen LogP contribution in [0.25, 0.3) is 0 Å². The van der Waals surface area contributed by atoms with Crippen molar-refractivity contribution in [2.45, 2.75) is 33.3 Å². The molecule has 2 rings (SSSR count). The first-order chi connectivity index (χ1) is 12.9. The van der Waals surface area contributed by atoms with Gasteiger partial charge in [0.1, 0.15) is 5.75 Å². The molecule has 142 valence electrons. The Morgan fingerprint density at radius 2 is 1.52 bits per heavy atom. The van der Waals surface area contributed by atoms with Crippen LogP contribution in [0.2, 0.25) is 0 Å². The lowest BCUT2D eigenvalue weighted by atomic mass is 10.1. The summed E-state index contributed by atoms with van der Waals surface area (Å²) in [5.74, 6) is -0.191. The molecule has 0 fully saturated rings. The van der Waals surface area contributed by atoms with Crippen molar-refractivity contribution in [2.75, 3.05) is 11.9 Å². The Bertz CT molecular complexity index is 794. The third kappa shape index (κ3) is 6.26. The van der Waals surface area contributed by atoms with Gasteiger partial charge in [-0.15, -0.1) is 0 Å². The van der Waals surface area contributed by atoms with Gasteiger partial charge in [0.2, 0.25) is 5.91 Å². The van der Waals surface area contributed by atoms with E-state index in [-0.39, 0.29) is 24.4 Å². The molecule has 0 saturated carbocycles. The molecule has 0 spiro atoms. The number of anilines is 1. The largest absolute Gasteiger partial charge is 0.485 e. The molecule has 0 unspecified atom stereocenters. The summed E-state index contributed by atoms with van der Waals surface area (Å²) < 4.78 is 10.6. The molecule has 0 radical (unpaired) electrons. The van der Waals surface area contributed by atoms with Crippen LogP contribution in [-0.2, 0) is 9.53 Å². The maximum atomic E-state index is 12.2. The first-order valence-electron chi connectivity index (χ1n) is 8.76. The highest BCUT2D eigenvalue weighted by Gasteiger charge is 2.11. The predicted octanol–water partition coefficient (Wildman–Crippen LogP) is 3.86. The highest BCUT2D eigenvalue weighted by Crippen LogP contribution is 2.15. The van der Waals surface area contributed by atoms with Gasteiger partial charge in [0.15, 0.2) is 12.4 Å². The van der Waals surface area contributed by atoms with Crippen LogP contribution in [0.15, 0.2) is 48.5 Å². The van der Waals surface area contributed by atoms with E-state index in [1.54, 1.807) is 69.3 Å². The van der Waals surface area contributed by atoms with E-state index in [1.165, 1.54) is 0 Å². The van der Waals surface area contributed by atoms with Crippen molar-refractivity contribution in [3.63, 3.8) is 0 Å². The van der Waals surface area contributed by atoms with Crippen molar-refractivity contribution in [2.24, 2.45) is 0 Å². The molecular formula is C21H23NO5. The first kappa shape index (κ1) is 20.2. The van der Waals surface area contributed by atoms with Gasteiger partial charge < -0.3 is 14.8 Å². The average molecular weight is 369 g/mol. The van der Waals surface area contributed by atoms with Crippen LogP contribution in [0, 0.1) is 0 Å². The number of carbonyl (C=O) groups is 3. The fraction of sp³-hybridized carbons (Fsp3) is 0.286. The Kier molecular flexibility index (Phi) is 7.11. The Labute approximate surface area is 158 Å². The summed E-state index contributed by atoms with van der Waals surface area (Å²) >= 11 is 0. The SMILES string of the molecule is CCC(=O)Nc1ccc(C(=O)COc2ccc(C(=O)OC(C)C)cc2)cc1. The van der Waals surface area contributed by atoms with E-state index in [0.717, 1.165) is 0 Å². The van der Waals surface area contributed by atoms with E-state index >= 15 is 0 Å². The third-order valence-corrected chi connectivity index (χ3v) is 3.61. The number of Topliss-reactive ketones (excluding diaryl/α,β-unsaturated/α-hetero) is 1. The highest BCUT2D eigenvalue weighted by molar-refractivity contribution is 5.98. The molecule has 0 heterocycles. The molecule has 1 amide bonds. The number of hydrogen-bond donors (Lipinski definition) is 1. The van der Waals surface area contributed by atoms with E-state index in [1.807, 2.05) is 0 Å². The number of amides is 1. The van der Waals surface area contributed by atoms with Crippen LogP contribution in [-0.4, -0.2) is 30.4 Å². The van der Waals surface area contributed by atoms with Crippen molar-refractivity contribution in [1.82, 2.24) is 0 Å². The van der Waals surface area contributed by atoms with Crippen LogP contribution in [0.3, 0.4) is 0 Å². The van der Waals surface area contributed by atoms with Crippen LogP contribution in [0.1, 0.15) is 47.9 Å². The van der Waals surface area contributed by atoms with Crippen molar-refractivity contribution in [3.05, 3.63) is 59.7 Å². The van der Waals surface area contributed by atoms with Crippen molar-refractivity contribution in [1.29, 1.82) is 0 Å². The average Bonchev–Trinajstić information content (AvgIpc) is 2.66. The second-order valence-electron chi connectivity index (χ2n) is 6.17. The summed E-state index contributed by atoms with van der Waals surface area (Å²) in [6.45, 7) is 5.21. The van der Waals surface area contributed by atoms with Gasteiger partial charge in [0.05, 0.1) is 11.7 Å². The molecule has 6 nitrogen and oxygen atoms in total. The first-order valence-corrected chi connectivity index (χ1v) is 8.76. The van der Waals surface area contributed by atoms with Crippen LogP contribution in [0.4, 0.5) is 5.69 Å². The quantitative estimate of drug-likeness (QED) is 0.564. The smallest absolute Gasteiger partial charge is 0.338 e. The van der Waals surface area contributed by atoms with Gasteiger partial charge in [-0.2, -0.15) is 0 Å². The molecule has 6 heteroatoms. The number of ether oxygens (including phenoxy) is 2. The van der Waals surface area contributed by atoms with E-state index < -0.39 is 5.97 Å². The van der Waals surface area contributed by atoms with Gasteiger partial charge in [0, 0.05) is 17.7 Å². The number of ketones is 1. The number of rotatable bonds is 8. The minimum atomic E-state index is -0.400. The minimum Gasteiger partial charge on any atom is -0.485 e. The molecule has 0 aromatic heterocycles. The van der Waals surface area contributed by atoms with Crippen molar-refractivity contribution in [3.8, 4) is 5.75 Å². The standard InChI is InChI=1S/C21H23NO5/c1-4-20(24)22-17-9-5-15(6-10-17)19(23)13-26-18-11-7-16(8-12-18)21(25)27-14(2)3/h5-12,14H,4,13H2,1-3H3,(H,22,24). The summed E-state index contributed by atoms with van der Waals surface area (Å²) in [5.41, 5.74) is 1.55. The summed E-state index contributed by atoms with van der Waals surface area (Å²) in [6.07, 6.45) is 0.204. The van der Waals surface area contributed by atoms with E-state index in [0.29, 0.717) is 29.0 Å². The van der Waals surface area contributed by atoms with E-state index in [2.05, 4.69) is 5.32 Å². The lowest BCUT2D eigenvalue weighted by Gasteiger charge is -2.09. The molecule has 0 bridgehead atoms. The number of esters is 1. The summed E-state index contributed by atoms with van der Waals surface area (Å²) in [5, 5.41) is 2.72. The van der Waals surface area contributed by atoms with Crippen LogP contribution in [0.5, 0.6) is 5.75 Å². The summed E-state index contributed by atoms with van der Waals surface area (Å²) in [4.78, 5) is 35.4. The van der Waals surface area contributed by atoms with Crippen molar-refractivity contribution < 1.29 is 23.9 Å². The van der Waals surface area contributed by atoms with E-state index in [4.69, 9.17) is 9.47 Å². The normalized spacial score (nSPS) is 10.4. The molecule has 0 aliphatic rings. The molecule has 1 N–H and O–H groups in total. The van der Waals surface area contributed by atoms with Crippen LogP contribution < -0.4 is 10.1 Å². The van der Waals surface area contributed by atoms with Crippen LogP contribution >= 0.6 is 0 Å². The summed E-state index contributed by atoms with van der Waals surface area (Å²) in [7, 11) is 0. The molecular weight excluding hydrogens is 346 g/mol. The second kappa shape index (κ2) is 9.52. The zero-order chi connectivity index (χ0) is 19.8. The monoisotopic (exact) mass is 369 g/mol. The molecule has 0 aliphatic carbocycles. The number of hydrogen-bond acceptors (Lipinski definition) is 5. The van der Waals surface area contributed by atoms with Gasteiger partial charge >= 0.3 is 5.97 Å². The lowest BCUT2D eigenvalue weighted by molar-refractivity contribution is -0.115. The zero-order valence-corrected chi connectivity index (χ0v) is 15.7. The Hall–Kier alpha value is -3.15. The maximum absolute atomic E-state index is 12.2. The lowest BCUT2D eigenvalue weighted by Crippen LogP contribution is -2.13. The molecule has 2 aromatic rings. The predicted molar refractivity (Wildman–Crippen MR) is 102 cm³/mol. The third-order valence-electron chi connectivity index (χ3n) is 3.61. The van der Waals surface area contributed by atoms with Gasteiger partial charge in [-0.05, 0) is 62.4 Å². The molecule has 2 aromatic carbocycles. The minimum absolute atomic E-state index is 0.0851. The number of carbonyl (C=O) groups excluding carboxylic acids is 3. The Morgan fingerprint density at radius 3 is 2.07 bits per heavy atom. The summed E-state index contributed by atoms with van der Waals surface area (Å²) in [6, 6.07) is 13.1. The van der Waals surface area contributed by atoms with Gasteiger partial charge in [-0.1, -0.05) is 6.92 Å². The fourth-order valence-corrected chi connectivity index (χ4v) is 2.19. The second-order valence-corrected chi connectivity index (χ2v) is 6.17. The zero-order valence-electron chi connectivity index (χ0n) is 15.7. The maximum Gasteiger partial charge on any atom is 0.338 e. The fourth-order valence-electron chi connectivity index (χ4n) is 2.19. The van der Waals surface area contributed by atoms with Gasteiger partial charge in [-0.3, -0.25) is 9.59 Å². The molecule has 0 aliphatic heterocycles. The highest BCUT2D eigenvalue weighted by atomic mass is 16.5. The topological polar surface area (TPSA) is 81.7 Å². The number of benzene rings is 2. The molecule has 27 heavy (non-hydrogen) atoms.